The van der Waals surface area contributed by atoms with Crippen molar-refractivity contribution in [3.8, 4) is 0 Å². The molecule has 0 aromatic rings. The molecule has 0 saturated carbocycles. The summed E-state index contributed by atoms with van der Waals surface area (Å²) in [5, 5.41) is 8.87. The van der Waals surface area contributed by atoms with Gasteiger partial charge in [-0.2, -0.15) is 0 Å². The Kier molecular flexibility index (Phi) is 1.95. The van der Waals surface area contributed by atoms with Crippen molar-refractivity contribution in [1.29, 1.82) is 0 Å². The summed E-state index contributed by atoms with van der Waals surface area (Å²) in [5.41, 5.74) is 0.0107. The van der Waals surface area contributed by atoms with Gasteiger partial charge in [-0.15, -0.1) is 0 Å². The van der Waals surface area contributed by atoms with Crippen LogP contribution in [0.1, 0.15) is 33.6 Å². The lowest BCUT2D eigenvalue weighted by Crippen LogP contribution is -2.14. The van der Waals surface area contributed by atoms with Gasteiger partial charge in [-0.1, -0.05) is 0 Å². The fraction of sp³-hybridized carbons (Fsp3) is 1.00. The third-order valence-corrected chi connectivity index (χ3v) is 3.27. The van der Waals surface area contributed by atoms with E-state index in [0.717, 1.165) is 12.8 Å². The van der Waals surface area contributed by atoms with E-state index in [-0.39, 0.29) is 23.9 Å². The molecule has 2 aliphatic heterocycles. The van der Waals surface area contributed by atoms with Crippen LogP contribution in [0.15, 0.2) is 0 Å². The number of aliphatic hydroxyl groups is 1. The lowest BCUT2D eigenvalue weighted by atomic mass is 9.97. The number of epoxide rings is 2. The summed E-state index contributed by atoms with van der Waals surface area (Å²) in [5.74, 6) is 0. The maximum Gasteiger partial charge on any atom is 0.110 e. The largest absolute Gasteiger partial charge is 0.394 e. The van der Waals surface area contributed by atoms with E-state index in [0.29, 0.717) is 6.10 Å². The minimum atomic E-state index is -0.0726. The van der Waals surface area contributed by atoms with Gasteiger partial charge in [0.1, 0.15) is 6.10 Å². The Morgan fingerprint density at radius 2 is 1.77 bits per heavy atom. The predicted molar refractivity (Wildman–Crippen MR) is 48.5 cm³/mol. The van der Waals surface area contributed by atoms with Gasteiger partial charge < -0.3 is 14.6 Å². The molecule has 0 amide bonds. The standard InChI is InChI=1S/C10H18O3/c1-9(2)7(12-9)4-5-10(3)8(6-11)13-10/h7-8,11H,4-6H2,1-3H3/t7-,8-,10-/m1/s1. The van der Waals surface area contributed by atoms with E-state index in [1.54, 1.807) is 0 Å². The predicted octanol–water partition coefficient (Wildman–Crippen LogP) is 1.09. The first kappa shape index (κ1) is 9.44. The Morgan fingerprint density at radius 3 is 2.15 bits per heavy atom. The highest BCUT2D eigenvalue weighted by Crippen LogP contribution is 2.45. The fourth-order valence-corrected chi connectivity index (χ4v) is 1.90. The minimum Gasteiger partial charge on any atom is -0.394 e. The molecule has 0 aromatic carbocycles. The molecule has 0 aromatic heterocycles. The summed E-state index contributed by atoms with van der Waals surface area (Å²) in [6, 6.07) is 0. The van der Waals surface area contributed by atoms with Crippen LogP contribution in [0.2, 0.25) is 0 Å². The Bertz CT molecular complexity index is 214. The number of aliphatic hydroxyl groups excluding tert-OH is 1. The van der Waals surface area contributed by atoms with E-state index < -0.39 is 0 Å². The number of hydrogen-bond donors (Lipinski definition) is 1. The van der Waals surface area contributed by atoms with Gasteiger partial charge in [0.15, 0.2) is 0 Å². The monoisotopic (exact) mass is 186 g/mol. The second-order valence-electron chi connectivity index (χ2n) is 4.85. The molecule has 3 nitrogen and oxygen atoms in total. The van der Waals surface area contributed by atoms with Gasteiger partial charge in [0.2, 0.25) is 0 Å². The van der Waals surface area contributed by atoms with Gasteiger partial charge in [-0.3, -0.25) is 0 Å². The highest BCUT2D eigenvalue weighted by Gasteiger charge is 2.54. The van der Waals surface area contributed by atoms with Crippen LogP contribution in [0.3, 0.4) is 0 Å². The van der Waals surface area contributed by atoms with Crippen molar-refractivity contribution >= 4 is 0 Å². The molecule has 1 N–H and O–H groups in total. The normalized spacial score (nSPS) is 46.2. The second kappa shape index (κ2) is 2.69. The van der Waals surface area contributed by atoms with Crippen LogP contribution < -0.4 is 0 Å². The lowest BCUT2D eigenvalue weighted by molar-refractivity contribution is 0.233. The summed E-state index contributed by atoms with van der Waals surface area (Å²) in [7, 11) is 0. The highest BCUT2D eigenvalue weighted by molar-refractivity contribution is 5.02. The van der Waals surface area contributed by atoms with E-state index in [2.05, 4.69) is 20.8 Å². The first-order valence-electron chi connectivity index (χ1n) is 4.94. The van der Waals surface area contributed by atoms with Gasteiger partial charge >= 0.3 is 0 Å². The van der Waals surface area contributed by atoms with Gasteiger partial charge in [0, 0.05) is 0 Å². The van der Waals surface area contributed by atoms with E-state index in [9.17, 15) is 0 Å². The highest BCUT2D eigenvalue weighted by atomic mass is 16.6. The van der Waals surface area contributed by atoms with Crippen molar-refractivity contribution in [3.63, 3.8) is 0 Å². The zero-order valence-electron chi connectivity index (χ0n) is 8.54. The quantitative estimate of drug-likeness (QED) is 0.668. The summed E-state index contributed by atoms with van der Waals surface area (Å²) < 4.78 is 10.9. The van der Waals surface area contributed by atoms with E-state index in [4.69, 9.17) is 14.6 Å². The smallest absolute Gasteiger partial charge is 0.110 e. The third-order valence-electron chi connectivity index (χ3n) is 3.27. The van der Waals surface area contributed by atoms with Gasteiger partial charge in [0.25, 0.3) is 0 Å². The molecule has 2 fully saturated rings. The molecule has 0 bridgehead atoms. The van der Waals surface area contributed by atoms with Gasteiger partial charge in [-0.25, -0.2) is 0 Å². The third kappa shape index (κ3) is 1.73. The summed E-state index contributed by atoms with van der Waals surface area (Å²) in [6.45, 7) is 6.42. The molecule has 76 valence electrons. The summed E-state index contributed by atoms with van der Waals surface area (Å²) in [4.78, 5) is 0. The molecular weight excluding hydrogens is 168 g/mol. The Balaban J connectivity index is 1.70. The summed E-state index contributed by atoms with van der Waals surface area (Å²) >= 11 is 0. The van der Waals surface area contributed by atoms with Crippen molar-refractivity contribution < 1.29 is 14.6 Å². The zero-order valence-corrected chi connectivity index (χ0v) is 8.54. The fourth-order valence-electron chi connectivity index (χ4n) is 1.90. The van der Waals surface area contributed by atoms with Gasteiger partial charge in [0.05, 0.1) is 23.9 Å². The van der Waals surface area contributed by atoms with Crippen LogP contribution in [0.4, 0.5) is 0 Å². The molecule has 0 radical (unpaired) electrons. The molecule has 0 spiro atoms. The molecule has 0 aliphatic carbocycles. The molecule has 2 rings (SSSR count). The first-order chi connectivity index (χ1) is 5.98. The Hall–Kier alpha value is -0.120. The topological polar surface area (TPSA) is 45.3 Å². The summed E-state index contributed by atoms with van der Waals surface area (Å²) in [6.07, 6.45) is 2.49. The number of hydrogen-bond acceptors (Lipinski definition) is 3. The van der Waals surface area contributed by atoms with E-state index in [1.807, 2.05) is 0 Å². The zero-order chi connectivity index (χ0) is 9.69. The lowest BCUT2D eigenvalue weighted by Gasteiger charge is -2.03. The Labute approximate surface area is 79.0 Å². The van der Waals surface area contributed by atoms with Crippen LogP contribution in [-0.2, 0) is 9.47 Å². The minimum absolute atomic E-state index is 0.0642. The molecule has 2 aliphatic rings. The average Bonchev–Trinajstić information content (AvgIpc) is 2.87. The SMILES string of the molecule is CC1(C)O[C@@H]1CC[C@@]1(C)O[C@@H]1CO. The number of ether oxygens (including phenoxy) is 2. The molecule has 2 saturated heterocycles. The molecule has 3 heteroatoms. The van der Waals surface area contributed by atoms with Crippen molar-refractivity contribution in [2.75, 3.05) is 6.61 Å². The molecule has 2 heterocycles. The van der Waals surface area contributed by atoms with Crippen molar-refractivity contribution in [1.82, 2.24) is 0 Å². The molecule has 3 atom stereocenters. The van der Waals surface area contributed by atoms with Crippen LogP contribution in [0.25, 0.3) is 0 Å². The van der Waals surface area contributed by atoms with Crippen LogP contribution in [0.5, 0.6) is 0 Å². The maximum absolute atomic E-state index is 8.87. The number of rotatable bonds is 4. The maximum atomic E-state index is 8.87. The van der Waals surface area contributed by atoms with Gasteiger partial charge in [-0.05, 0) is 33.6 Å². The van der Waals surface area contributed by atoms with Crippen LogP contribution in [0, 0.1) is 0 Å². The van der Waals surface area contributed by atoms with Crippen LogP contribution >= 0.6 is 0 Å². The van der Waals surface area contributed by atoms with E-state index >= 15 is 0 Å². The van der Waals surface area contributed by atoms with E-state index in [1.165, 1.54) is 0 Å². The Morgan fingerprint density at radius 1 is 1.15 bits per heavy atom. The molecule has 0 unspecified atom stereocenters. The second-order valence-corrected chi connectivity index (χ2v) is 4.85. The van der Waals surface area contributed by atoms with Crippen molar-refractivity contribution in [2.24, 2.45) is 0 Å². The van der Waals surface area contributed by atoms with Crippen molar-refractivity contribution in [2.45, 2.75) is 57.0 Å². The first-order valence-corrected chi connectivity index (χ1v) is 4.94. The average molecular weight is 186 g/mol. The molecule has 13 heavy (non-hydrogen) atoms. The van der Waals surface area contributed by atoms with Crippen LogP contribution in [-0.4, -0.2) is 35.1 Å². The van der Waals surface area contributed by atoms with Crippen molar-refractivity contribution in [3.05, 3.63) is 0 Å². The molecular formula is C10H18O3.